The summed E-state index contributed by atoms with van der Waals surface area (Å²) in [6, 6.07) is 14.6. The molecule has 146 valence electrons. The smallest absolute Gasteiger partial charge is 0.345 e. The number of ether oxygens (including phenoxy) is 2. The molecule has 0 fully saturated rings. The summed E-state index contributed by atoms with van der Waals surface area (Å²) in [5, 5.41) is 3.93. The second-order valence-corrected chi connectivity index (χ2v) is 5.86. The van der Waals surface area contributed by atoms with Crippen LogP contribution < -0.4 is 20.6 Å². The molecule has 3 aromatic rings. The molecule has 3 N–H and O–H groups in total. The van der Waals surface area contributed by atoms with Crippen molar-refractivity contribution in [2.45, 2.75) is 0 Å². The highest BCUT2D eigenvalue weighted by Gasteiger charge is 2.13. The first-order valence-electron chi connectivity index (χ1n) is 8.56. The summed E-state index contributed by atoms with van der Waals surface area (Å²) in [7, 11) is 1.46. The molecule has 0 radical (unpaired) electrons. The maximum atomic E-state index is 12.2. The Morgan fingerprint density at radius 1 is 1.07 bits per heavy atom. The minimum Gasteiger partial charge on any atom is -0.493 e. The van der Waals surface area contributed by atoms with Gasteiger partial charge in [-0.25, -0.2) is 10.2 Å². The average Bonchev–Trinajstić information content (AvgIpc) is 2.75. The maximum Gasteiger partial charge on any atom is 0.345 e. The molecule has 0 aliphatic rings. The summed E-state index contributed by atoms with van der Waals surface area (Å²) in [6.07, 6.45) is 4.43. The van der Waals surface area contributed by atoms with Crippen LogP contribution in [0.5, 0.6) is 11.5 Å². The fraction of sp³-hybridized carbons (Fsp3) is 0.0476. The number of methoxy groups -OCH3 is 1. The highest BCUT2D eigenvalue weighted by molar-refractivity contribution is 5.95. The molecule has 3 rings (SSSR count). The van der Waals surface area contributed by atoms with Crippen LogP contribution in [0.2, 0.25) is 0 Å². The van der Waals surface area contributed by atoms with Crippen molar-refractivity contribution in [3.8, 4) is 11.5 Å². The second-order valence-electron chi connectivity index (χ2n) is 5.86. The van der Waals surface area contributed by atoms with Gasteiger partial charge in [0.15, 0.2) is 11.5 Å². The lowest BCUT2D eigenvalue weighted by Crippen LogP contribution is -2.17. The largest absolute Gasteiger partial charge is 0.493 e. The standard InChI is InChI=1S/C21H18N4O4/c1-28-19-11-14(12-24-25-20(26)15-5-7-17(22)8-6-15)4-9-18(19)29-21(27)16-3-2-10-23-13-16/h2-13H,22H2,1H3,(H,25,26)/b24-12+. The van der Waals surface area contributed by atoms with E-state index in [9.17, 15) is 9.59 Å². The number of amides is 1. The van der Waals surface area contributed by atoms with Gasteiger partial charge in [-0.15, -0.1) is 0 Å². The Labute approximate surface area is 167 Å². The number of nitrogens with one attached hydrogen (secondary N) is 1. The van der Waals surface area contributed by atoms with Gasteiger partial charge in [-0.2, -0.15) is 5.10 Å². The third-order valence-corrected chi connectivity index (χ3v) is 3.84. The van der Waals surface area contributed by atoms with Crippen LogP contribution >= 0.6 is 0 Å². The van der Waals surface area contributed by atoms with Crippen LogP contribution in [0.3, 0.4) is 0 Å². The molecular weight excluding hydrogens is 372 g/mol. The molecule has 8 nitrogen and oxygen atoms in total. The summed E-state index contributed by atoms with van der Waals surface area (Å²) >= 11 is 0. The van der Waals surface area contributed by atoms with Crippen LogP contribution in [0, 0.1) is 0 Å². The van der Waals surface area contributed by atoms with Gasteiger partial charge in [-0.3, -0.25) is 9.78 Å². The lowest BCUT2D eigenvalue weighted by atomic mass is 10.2. The molecule has 0 saturated heterocycles. The lowest BCUT2D eigenvalue weighted by molar-refractivity contribution is 0.0729. The number of rotatable bonds is 6. The Kier molecular flexibility index (Phi) is 6.16. The Morgan fingerprint density at radius 2 is 1.86 bits per heavy atom. The van der Waals surface area contributed by atoms with Gasteiger partial charge in [-0.1, -0.05) is 0 Å². The molecule has 0 aliphatic carbocycles. The van der Waals surface area contributed by atoms with Crippen LogP contribution in [0.4, 0.5) is 5.69 Å². The molecule has 2 aromatic carbocycles. The zero-order valence-electron chi connectivity index (χ0n) is 15.5. The third-order valence-electron chi connectivity index (χ3n) is 3.84. The Balaban J connectivity index is 1.66. The van der Waals surface area contributed by atoms with E-state index >= 15 is 0 Å². The SMILES string of the molecule is COc1cc(/C=N/NC(=O)c2ccc(N)cc2)ccc1OC(=O)c1cccnc1. The fourth-order valence-corrected chi connectivity index (χ4v) is 2.36. The minimum atomic E-state index is -0.548. The first-order valence-corrected chi connectivity index (χ1v) is 8.56. The van der Waals surface area contributed by atoms with E-state index in [4.69, 9.17) is 15.2 Å². The van der Waals surface area contributed by atoms with Crippen LogP contribution in [0.25, 0.3) is 0 Å². The van der Waals surface area contributed by atoms with Crippen molar-refractivity contribution < 1.29 is 19.1 Å². The second kappa shape index (κ2) is 9.14. The van der Waals surface area contributed by atoms with Crippen LogP contribution in [0.1, 0.15) is 26.3 Å². The Morgan fingerprint density at radius 3 is 2.55 bits per heavy atom. The molecule has 0 saturated carbocycles. The fourth-order valence-electron chi connectivity index (χ4n) is 2.36. The van der Waals surface area contributed by atoms with E-state index in [0.29, 0.717) is 28.1 Å². The predicted octanol–water partition coefficient (Wildman–Crippen LogP) is 2.66. The predicted molar refractivity (Wildman–Crippen MR) is 108 cm³/mol. The van der Waals surface area contributed by atoms with E-state index in [1.165, 1.54) is 19.5 Å². The van der Waals surface area contributed by atoms with Crippen molar-refractivity contribution >= 4 is 23.8 Å². The number of aromatic nitrogens is 1. The number of nitrogens with zero attached hydrogens (tertiary/aromatic N) is 2. The number of anilines is 1. The Bertz CT molecular complexity index is 1030. The van der Waals surface area contributed by atoms with E-state index in [0.717, 1.165) is 0 Å². The first kappa shape index (κ1) is 19.6. The molecule has 0 unspecified atom stereocenters. The number of hydrazone groups is 1. The minimum absolute atomic E-state index is 0.254. The lowest BCUT2D eigenvalue weighted by Gasteiger charge is -2.09. The number of benzene rings is 2. The maximum absolute atomic E-state index is 12.2. The van der Waals surface area contributed by atoms with Crippen LogP contribution in [0.15, 0.2) is 72.1 Å². The molecule has 1 aromatic heterocycles. The van der Waals surface area contributed by atoms with Crippen molar-refractivity contribution in [3.63, 3.8) is 0 Å². The van der Waals surface area contributed by atoms with Gasteiger partial charge in [0.2, 0.25) is 0 Å². The molecule has 8 heteroatoms. The zero-order chi connectivity index (χ0) is 20.6. The Hall–Kier alpha value is -4.20. The van der Waals surface area contributed by atoms with E-state index < -0.39 is 5.97 Å². The third kappa shape index (κ3) is 5.16. The van der Waals surface area contributed by atoms with Crippen molar-refractivity contribution in [1.29, 1.82) is 0 Å². The van der Waals surface area contributed by atoms with Gasteiger partial charge < -0.3 is 15.2 Å². The summed E-state index contributed by atoms with van der Waals surface area (Å²) in [5.74, 6) is -0.315. The summed E-state index contributed by atoms with van der Waals surface area (Å²) in [4.78, 5) is 28.1. The first-order chi connectivity index (χ1) is 14.1. The average molecular weight is 390 g/mol. The number of hydrogen-bond donors (Lipinski definition) is 2. The van der Waals surface area contributed by atoms with E-state index in [-0.39, 0.29) is 11.7 Å². The van der Waals surface area contributed by atoms with Crippen molar-refractivity contribution in [2.75, 3.05) is 12.8 Å². The van der Waals surface area contributed by atoms with Crippen LogP contribution in [-0.2, 0) is 0 Å². The molecule has 29 heavy (non-hydrogen) atoms. The number of nitrogens with two attached hydrogens (primary N) is 1. The number of nitrogen functional groups attached to an aromatic ring is 1. The quantitative estimate of drug-likeness (QED) is 0.220. The number of esters is 1. The number of pyridine rings is 1. The van der Waals surface area contributed by atoms with Gasteiger partial charge >= 0.3 is 5.97 Å². The highest BCUT2D eigenvalue weighted by atomic mass is 16.6. The van der Waals surface area contributed by atoms with E-state index in [1.54, 1.807) is 60.8 Å². The molecule has 0 spiro atoms. The summed E-state index contributed by atoms with van der Waals surface area (Å²) in [5.41, 5.74) is 10.00. The number of carbonyl (C=O) groups is 2. The van der Waals surface area contributed by atoms with Crippen molar-refractivity contribution in [3.05, 3.63) is 83.7 Å². The number of carbonyl (C=O) groups excluding carboxylic acids is 2. The van der Waals surface area contributed by atoms with Crippen LogP contribution in [-0.4, -0.2) is 30.2 Å². The van der Waals surface area contributed by atoms with E-state index in [2.05, 4.69) is 15.5 Å². The molecule has 1 heterocycles. The molecule has 0 bridgehead atoms. The number of hydrogen-bond acceptors (Lipinski definition) is 7. The summed E-state index contributed by atoms with van der Waals surface area (Å²) in [6.45, 7) is 0. The van der Waals surface area contributed by atoms with Crippen molar-refractivity contribution in [1.82, 2.24) is 10.4 Å². The van der Waals surface area contributed by atoms with Gasteiger partial charge in [0.25, 0.3) is 5.91 Å². The van der Waals surface area contributed by atoms with E-state index in [1.807, 2.05) is 0 Å². The molecule has 1 amide bonds. The van der Waals surface area contributed by atoms with Gasteiger partial charge in [-0.05, 0) is 60.2 Å². The topological polar surface area (TPSA) is 116 Å². The van der Waals surface area contributed by atoms with Gasteiger partial charge in [0, 0.05) is 23.6 Å². The normalized spacial score (nSPS) is 10.5. The van der Waals surface area contributed by atoms with Gasteiger partial charge in [0.05, 0.1) is 18.9 Å². The highest BCUT2D eigenvalue weighted by Crippen LogP contribution is 2.28. The monoisotopic (exact) mass is 390 g/mol. The molecular formula is C21H18N4O4. The van der Waals surface area contributed by atoms with Gasteiger partial charge in [0.1, 0.15) is 0 Å². The zero-order valence-corrected chi connectivity index (χ0v) is 15.5. The summed E-state index contributed by atoms with van der Waals surface area (Å²) < 4.78 is 10.6. The molecule has 0 aliphatic heterocycles. The molecule has 0 atom stereocenters. The van der Waals surface area contributed by atoms with Crippen molar-refractivity contribution in [2.24, 2.45) is 5.10 Å².